The van der Waals surface area contributed by atoms with E-state index in [1.807, 2.05) is 69.3 Å². The van der Waals surface area contributed by atoms with E-state index in [1.54, 1.807) is 18.2 Å². The molecule has 0 bridgehead atoms. The third kappa shape index (κ3) is 4.02. The molecule has 0 saturated heterocycles. The zero-order valence-electron chi connectivity index (χ0n) is 15.6. The van der Waals surface area contributed by atoms with Gasteiger partial charge < -0.3 is 0 Å². The van der Waals surface area contributed by atoms with Gasteiger partial charge in [-0.2, -0.15) is 0 Å². The molecule has 0 aliphatic heterocycles. The second-order valence-electron chi connectivity index (χ2n) is 6.66. The fourth-order valence-electron chi connectivity index (χ4n) is 3.10. The Labute approximate surface area is 166 Å². The van der Waals surface area contributed by atoms with Crippen LogP contribution in [0.2, 0.25) is 5.02 Å². The largest absolute Gasteiger partial charge is 0.264 e. The molecule has 3 rings (SSSR count). The van der Waals surface area contributed by atoms with Crippen molar-refractivity contribution >= 4 is 27.3 Å². The Morgan fingerprint density at radius 1 is 0.815 bits per heavy atom. The van der Waals surface area contributed by atoms with Crippen molar-refractivity contribution in [2.75, 3.05) is 4.31 Å². The van der Waals surface area contributed by atoms with Crippen LogP contribution in [0.5, 0.6) is 0 Å². The molecule has 0 aliphatic rings. The molecule has 0 radical (unpaired) electrons. The third-order valence-electron chi connectivity index (χ3n) is 4.57. The van der Waals surface area contributed by atoms with E-state index in [0.29, 0.717) is 10.7 Å². The first kappa shape index (κ1) is 19.5. The second-order valence-corrected chi connectivity index (χ2v) is 8.93. The molecule has 0 heterocycles. The molecule has 3 nitrogen and oxygen atoms in total. The summed E-state index contributed by atoms with van der Waals surface area (Å²) in [5, 5.41) is 0.549. The fourth-order valence-corrected chi connectivity index (χ4v) is 4.87. The number of hydrogen-bond acceptors (Lipinski definition) is 2. The predicted octanol–water partition coefficient (Wildman–Crippen LogP) is 5.66. The van der Waals surface area contributed by atoms with E-state index < -0.39 is 10.0 Å². The van der Waals surface area contributed by atoms with Crippen LogP contribution in [0.25, 0.3) is 0 Å². The number of para-hydroxylation sites is 1. The Hall–Kier alpha value is -2.30. The lowest BCUT2D eigenvalue weighted by Gasteiger charge is -2.28. The Morgan fingerprint density at radius 3 is 2.00 bits per heavy atom. The van der Waals surface area contributed by atoms with Crippen molar-refractivity contribution in [3.63, 3.8) is 0 Å². The smallest absolute Gasteiger partial charge is 0.261 e. The van der Waals surface area contributed by atoms with Gasteiger partial charge in [0.05, 0.1) is 17.1 Å². The molecule has 0 aliphatic carbocycles. The third-order valence-corrected chi connectivity index (χ3v) is 6.70. The number of aryl methyl sites for hydroxylation is 3. The van der Waals surface area contributed by atoms with Crippen LogP contribution in [0.4, 0.5) is 5.69 Å². The highest BCUT2D eigenvalue weighted by atomic mass is 35.5. The van der Waals surface area contributed by atoms with Crippen LogP contribution in [-0.4, -0.2) is 8.42 Å². The summed E-state index contributed by atoms with van der Waals surface area (Å²) < 4.78 is 28.6. The van der Waals surface area contributed by atoms with Gasteiger partial charge in [-0.25, -0.2) is 8.42 Å². The number of nitrogens with zero attached hydrogens (tertiary/aromatic N) is 1. The van der Waals surface area contributed by atoms with Crippen molar-refractivity contribution in [2.24, 2.45) is 0 Å². The fraction of sp³-hybridized carbons (Fsp3) is 0.182. The van der Waals surface area contributed by atoms with E-state index in [-0.39, 0.29) is 11.4 Å². The number of sulfonamides is 1. The maximum atomic E-state index is 13.5. The molecular weight excluding hydrogens is 378 g/mol. The summed E-state index contributed by atoms with van der Waals surface area (Å²) in [6, 6.07) is 20.0. The summed E-state index contributed by atoms with van der Waals surface area (Å²) in [4.78, 5) is 0.266. The van der Waals surface area contributed by atoms with Crippen LogP contribution in [0.1, 0.15) is 22.3 Å². The summed E-state index contributed by atoms with van der Waals surface area (Å²) in [7, 11) is -3.76. The number of benzene rings is 3. The summed E-state index contributed by atoms with van der Waals surface area (Å²) >= 11 is 6.33. The van der Waals surface area contributed by atoms with Gasteiger partial charge in [-0.05, 0) is 55.7 Å². The molecule has 0 amide bonds. The first-order valence-corrected chi connectivity index (χ1v) is 10.5. The Balaban J connectivity index is 2.18. The highest BCUT2D eigenvalue weighted by Crippen LogP contribution is 2.33. The highest BCUT2D eigenvalue weighted by molar-refractivity contribution is 7.92. The molecule has 140 valence electrons. The molecule has 0 N–H and O–H groups in total. The van der Waals surface area contributed by atoms with Gasteiger partial charge in [0.15, 0.2) is 0 Å². The van der Waals surface area contributed by atoms with E-state index in [4.69, 9.17) is 11.6 Å². The van der Waals surface area contributed by atoms with Gasteiger partial charge in [0.25, 0.3) is 10.0 Å². The Bertz CT molecular complexity index is 1040. The van der Waals surface area contributed by atoms with E-state index in [2.05, 4.69) is 0 Å². The van der Waals surface area contributed by atoms with Gasteiger partial charge in [0.2, 0.25) is 0 Å². The lowest BCUT2D eigenvalue weighted by Crippen LogP contribution is -2.32. The average Bonchev–Trinajstić information content (AvgIpc) is 2.62. The van der Waals surface area contributed by atoms with Crippen molar-refractivity contribution < 1.29 is 8.42 Å². The SMILES string of the molecule is Cc1ccc(S(=O)(=O)N(Cc2ccccc2Cl)c2c(C)cccc2C)cc1. The van der Waals surface area contributed by atoms with E-state index >= 15 is 0 Å². The number of hydrogen-bond donors (Lipinski definition) is 0. The molecule has 3 aromatic carbocycles. The molecule has 0 spiro atoms. The summed E-state index contributed by atoms with van der Waals surface area (Å²) in [6.07, 6.45) is 0. The summed E-state index contributed by atoms with van der Waals surface area (Å²) in [5.41, 5.74) is 4.27. The van der Waals surface area contributed by atoms with Gasteiger partial charge in [-0.1, -0.05) is 65.7 Å². The van der Waals surface area contributed by atoms with Crippen molar-refractivity contribution in [1.29, 1.82) is 0 Å². The highest BCUT2D eigenvalue weighted by Gasteiger charge is 2.28. The maximum Gasteiger partial charge on any atom is 0.264 e. The predicted molar refractivity (Wildman–Crippen MR) is 112 cm³/mol. The van der Waals surface area contributed by atoms with Gasteiger partial charge in [0, 0.05) is 5.02 Å². The minimum Gasteiger partial charge on any atom is -0.261 e. The summed E-state index contributed by atoms with van der Waals surface area (Å²) in [6.45, 7) is 5.95. The normalized spacial score (nSPS) is 11.4. The van der Waals surface area contributed by atoms with Crippen LogP contribution >= 0.6 is 11.6 Å². The monoisotopic (exact) mass is 399 g/mol. The van der Waals surface area contributed by atoms with E-state index in [1.165, 1.54) is 4.31 Å². The average molecular weight is 400 g/mol. The molecule has 0 saturated carbocycles. The quantitative estimate of drug-likeness (QED) is 0.555. The first-order chi connectivity index (χ1) is 12.8. The van der Waals surface area contributed by atoms with E-state index in [0.717, 1.165) is 22.3 Å². The van der Waals surface area contributed by atoms with E-state index in [9.17, 15) is 8.42 Å². The molecule has 3 aromatic rings. The topological polar surface area (TPSA) is 37.4 Å². The second kappa shape index (κ2) is 7.75. The molecule has 0 unspecified atom stereocenters. The maximum absolute atomic E-state index is 13.5. The van der Waals surface area contributed by atoms with Crippen molar-refractivity contribution in [1.82, 2.24) is 0 Å². The lowest BCUT2D eigenvalue weighted by atomic mass is 10.1. The minimum absolute atomic E-state index is 0.168. The molecule has 27 heavy (non-hydrogen) atoms. The van der Waals surface area contributed by atoms with Crippen molar-refractivity contribution in [2.45, 2.75) is 32.2 Å². The molecular formula is C22H22ClNO2S. The number of halogens is 1. The standard InChI is InChI=1S/C22H22ClNO2S/c1-16-11-13-20(14-12-16)27(25,26)24(15-19-9-4-5-10-21(19)23)22-17(2)7-6-8-18(22)3/h4-14H,15H2,1-3H3. The number of anilines is 1. The van der Waals surface area contributed by atoms with Crippen LogP contribution in [0.15, 0.2) is 71.6 Å². The molecule has 0 fully saturated rings. The van der Waals surface area contributed by atoms with Crippen molar-refractivity contribution in [3.8, 4) is 0 Å². The van der Waals surface area contributed by atoms with Crippen LogP contribution in [-0.2, 0) is 16.6 Å². The lowest BCUT2D eigenvalue weighted by molar-refractivity contribution is 0.590. The van der Waals surface area contributed by atoms with Gasteiger partial charge in [-0.15, -0.1) is 0 Å². The van der Waals surface area contributed by atoms with Gasteiger partial charge >= 0.3 is 0 Å². The zero-order valence-corrected chi connectivity index (χ0v) is 17.2. The van der Waals surface area contributed by atoms with Crippen LogP contribution in [0, 0.1) is 20.8 Å². The van der Waals surface area contributed by atoms with Gasteiger partial charge in [-0.3, -0.25) is 4.31 Å². The number of rotatable bonds is 5. The van der Waals surface area contributed by atoms with Crippen LogP contribution < -0.4 is 4.31 Å². The Morgan fingerprint density at radius 2 is 1.41 bits per heavy atom. The van der Waals surface area contributed by atoms with Crippen molar-refractivity contribution in [3.05, 3.63) is 94.0 Å². The first-order valence-electron chi connectivity index (χ1n) is 8.70. The Kier molecular flexibility index (Phi) is 5.59. The minimum atomic E-state index is -3.76. The molecule has 0 aromatic heterocycles. The molecule has 0 atom stereocenters. The molecule has 5 heteroatoms. The van der Waals surface area contributed by atoms with Crippen LogP contribution in [0.3, 0.4) is 0 Å². The zero-order chi connectivity index (χ0) is 19.6. The van der Waals surface area contributed by atoms with Gasteiger partial charge in [0.1, 0.15) is 0 Å². The summed E-state index contributed by atoms with van der Waals surface area (Å²) in [5.74, 6) is 0.